The van der Waals surface area contributed by atoms with Gasteiger partial charge in [-0.05, 0) is 32.1 Å². The van der Waals surface area contributed by atoms with Crippen LogP contribution in [0.3, 0.4) is 0 Å². The molecular formula is C11H15ClN2. The molecule has 1 unspecified atom stereocenters. The van der Waals surface area contributed by atoms with E-state index in [2.05, 4.69) is 16.9 Å². The molecule has 14 heavy (non-hydrogen) atoms. The number of fused-ring (bicyclic) bond motifs is 1. The molecule has 0 fully saturated rings. The third kappa shape index (κ3) is 1.76. The molecule has 0 N–H and O–H groups in total. The van der Waals surface area contributed by atoms with Gasteiger partial charge in [-0.25, -0.2) is 9.97 Å². The van der Waals surface area contributed by atoms with Crippen LogP contribution < -0.4 is 0 Å². The molecule has 1 aliphatic carbocycles. The van der Waals surface area contributed by atoms with Crippen molar-refractivity contribution < 1.29 is 0 Å². The summed E-state index contributed by atoms with van der Waals surface area (Å²) in [5, 5.41) is 0.672. The smallest absolute Gasteiger partial charge is 0.136 e. The predicted octanol–water partition coefficient (Wildman–Crippen LogP) is 2.95. The molecule has 0 spiro atoms. The highest BCUT2D eigenvalue weighted by Gasteiger charge is 2.21. The van der Waals surface area contributed by atoms with Crippen LogP contribution in [0.15, 0.2) is 0 Å². The third-order valence-electron chi connectivity index (χ3n) is 3.01. The Morgan fingerprint density at radius 1 is 1.43 bits per heavy atom. The molecule has 0 saturated carbocycles. The number of aryl methyl sites for hydroxylation is 2. The van der Waals surface area contributed by atoms with Crippen LogP contribution in [0, 0.1) is 12.8 Å². The minimum Gasteiger partial charge on any atom is -0.238 e. The van der Waals surface area contributed by atoms with Crippen molar-refractivity contribution in [1.29, 1.82) is 0 Å². The molecule has 1 aliphatic rings. The fourth-order valence-corrected chi connectivity index (χ4v) is 2.41. The molecule has 0 bridgehead atoms. The zero-order chi connectivity index (χ0) is 10.1. The minimum absolute atomic E-state index is 0.672. The van der Waals surface area contributed by atoms with E-state index in [1.807, 2.05) is 6.92 Å². The Bertz CT molecular complexity index is 349. The Balaban J connectivity index is 2.37. The quantitative estimate of drug-likeness (QED) is 0.667. The van der Waals surface area contributed by atoms with Gasteiger partial charge in [-0.1, -0.05) is 24.9 Å². The van der Waals surface area contributed by atoms with Crippen molar-refractivity contribution in [3.63, 3.8) is 0 Å². The van der Waals surface area contributed by atoms with E-state index in [9.17, 15) is 0 Å². The lowest BCUT2D eigenvalue weighted by Crippen LogP contribution is -2.16. The van der Waals surface area contributed by atoms with E-state index in [1.54, 1.807) is 0 Å². The largest absolute Gasteiger partial charge is 0.238 e. The Morgan fingerprint density at radius 2 is 2.21 bits per heavy atom. The van der Waals surface area contributed by atoms with Crippen molar-refractivity contribution in [2.75, 3.05) is 0 Å². The second kappa shape index (κ2) is 3.85. The summed E-state index contributed by atoms with van der Waals surface area (Å²) in [6.45, 7) is 4.14. The van der Waals surface area contributed by atoms with Gasteiger partial charge in [0.2, 0.25) is 0 Å². The molecule has 2 nitrogen and oxygen atoms in total. The second-order valence-electron chi connectivity index (χ2n) is 4.00. The highest BCUT2D eigenvalue weighted by Crippen LogP contribution is 2.29. The summed E-state index contributed by atoms with van der Waals surface area (Å²) in [5.74, 6) is 1.56. The lowest BCUT2D eigenvalue weighted by molar-refractivity contribution is 0.438. The van der Waals surface area contributed by atoms with Gasteiger partial charge in [-0.15, -0.1) is 0 Å². The molecule has 1 heterocycles. The van der Waals surface area contributed by atoms with E-state index in [0.717, 1.165) is 24.6 Å². The summed E-state index contributed by atoms with van der Waals surface area (Å²) >= 11 is 6.12. The molecular weight excluding hydrogens is 196 g/mol. The summed E-state index contributed by atoms with van der Waals surface area (Å²) in [5.41, 5.74) is 2.36. The molecule has 1 atom stereocenters. The topological polar surface area (TPSA) is 25.8 Å². The molecule has 0 amide bonds. The first kappa shape index (κ1) is 9.91. The van der Waals surface area contributed by atoms with Crippen molar-refractivity contribution in [3.8, 4) is 0 Å². The van der Waals surface area contributed by atoms with Crippen LogP contribution in [0.1, 0.15) is 36.8 Å². The van der Waals surface area contributed by atoms with Gasteiger partial charge in [0.1, 0.15) is 11.0 Å². The maximum absolute atomic E-state index is 6.12. The number of hydrogen-bond donors (Lipinski definition) is 0. The maximum atomic E-state index is 6.12. The average molecular weight is 211 g/mol. The molecule has 2 rings (SSSR count). The second-order valence-corrected chi connectivity index (χ2v) is 4.36. The van der Waals surface area contributed by atoms with Gasteiger partial charge in [0.05, 0.1) is 0 Å². The van der Waals surface area contributed by atoms with Crippen LogP contribution in [-0.4, -0.2) is 9.97 Å². The Kier molecular flexibility index (Phi) is 2.73. The fourth-order valence-electron chi connectivity index (χ4n) is 2.11. The predicted molar refractivity (Wildman–Crippen MR) is 57.6 cm³/mol. The molecule has 1 aromatic heterocycles. The molecule has 3 heteroatoms. The van der Waals surface area contributed by atoms with Crippen LogP contribution in [-0.2, 0) is 12.8 Å². The minimum atomic E-state index is 0.672. The van der Waals surface area contributed by atoms with E-state index >= 15 is 0 Å². The maximum Gasteiger partial charge on any atom is 0.136 e. The SMILES string of the molecule is CCC1CCc2nc(C)nc(Cl)c2C1. The average Bonchev–Trinajstić information content (AvgIpc) is 2.17. The van der Waals surface area contributed by atoms with Crippen molar-refractivity contribution in [1.82, 2.24) is 9.97 Å². The Morgan fingerprint density at radius 3 is 2.93 bits per heavy atom. The highest BCUT2D eigenvalue weighted by atomic mass is 35.5. The van der Waals surface area contributed by atoms with Crippen molar-refractivity contribution in [2.45, 2.75) is 39.5 Å². The van der Waals surface area contributed by atoms with Gasteiger partial charge in [0.25, 0.3) is 0 Å². The first-order valence-corrected chi connectivity index (χ1v) is 5.60. The van der Waals surface area contributed by atoms with E-state index in [0.29, 0.717) is 5.15 Å². The molecule has 0 saturated heterocycles. The van der Waals surface area contributed by atoms with Crippen molar-refractivity contribution in [2.24, 2.45) is 5.92 Å². The van der Waals surface area contributed by atoms with E-state index in [-0.39, 0.29) is 0 Å². The molecule has 0 radical (unpaired) electrons. The standard InChI is InChI=1S/C11H15ClN2/c1-3-8-4-5-10-9(6-8)11(12)14-7(2)13-10/h8H,3-6H2,1-2H3. The van der Waals surface area contributed by atoms with Crippen molar-refractivity contribution >= 4 is 11.6 Å². The molecule has 0 aliphatic heterocycles. The highest BCUT2D eigenvalue weighted by molar-refractivity contribution is 6.30. The summed E-state index contributed by atoms with van der Waals surface area (Å²) in [6.07, 6.45) is 4.60. The van der Waals surface area contributed by atoms with Crippen LogP contribution in [0.2, 0.25) is 5.15 Å². The van der Waals surface area contributed by atoms with Crippen LogP contribution in [0.5, 0.6) is 0 Å². The number of aromatic nitrogens is 2. The zero-order valence-corrected chi connectivity index (χ0v) is 9.43. The lowest BCUT2D eigenvalue weighted by atomic mass is 9.86. The zero-order valence-electron chi connectivity index (χ0n) is 8.68. The van der Waals surface area contributed by atoms with Crippen LogP contribution in [0.25, 0.3) is 0 Å². The number of nitrogens with zero attached hydrogens (tertiary/aromatic N) is 2. The number of hydrogen-bond acceptors (Lipinski definition) is 2. The van der Waals surface area contributed by atoms with Crippen LogP contribution >= 0.6 is 11.6 Å². The molecule has 76 valence electrons. The number of halogens is 1. The molecule has 1 aromatic rings. The first-order valence-electron chi connectivity index (χ1n) is 5.22. The van der Waals surface area contributed by atoms with Gasteiger partial charge in [0.15, 0.2) is 0 Å². The van der Waals surface area contributed by atoms with Gasteiger partial charge >= 0.3 is 0 Å². The fraction of sp³-hybridized carbons (Fsp3) is 0.636. The summed E-state index contributed by atoms with van der Waals surface area (Å²) in [6, 6.07) is 0. The molecule has 0 aromatic carbocycles. The van der Waals surface area contributed by atoms with Gasteiger partial charge in [0, 0.05) is 11.3 Å². The lowest BCUT2D eigenvalue weighted by Gasteiger charge is -2.23. The van der Waals surface area contributed by atoms with E-state index in [4.69, 9.17) is 11.6 Å². The monoisotopic (exact) mass is 210 g/mol. The summed E-state index contributed by atoms with van der Waals surface area (Å²) < 4.78 is 0. The van der Waals surface area contributed by atoms with Crippen molar-refractivity contribution in [3.05, 3.63) is 22.2 Å². The Labute approximate surface area is 89.7 Å². The summed E-state index contributed by atoms with van der Waals surface area (Å²) in [4.78, 5) is 8.66. The van der Waals surface area contributed by atoms with Gasteiger partial charge in [-0.2, -0.15) is 0 Å². The first-order chi connectivity index (χ1) is 6.70. The van der Waals surface area contributed by atoms with Gasteiger partial charge in [-0.3, -0.25) is 0 Å². The number of rotatable bonds is 1. The normalized spacial score (nSPS) is 20.6. The van der Waals surface area contributed by atoms with Crippen LogP contribution in [0.4, 0.5) is 0 Å². The van der Waals surface area contributed by atoms with Gasteiger partial charge < -0.3 is 0 Å². The third-order valence-corrected chi connectivity index (χ3v) is 3.33. The van der Waals surface area contributed by atoms with E-state index < -0.39 is 0 Å². The van der Waals surface area contributed by atoms with E-state index in [1.165, 1.54) is 24.1 Å². The summed E-state index contributed by atoms with van der Waals surface area (Å²) in [7, 11) is 0. The Hall–Kier alpha value is -0.630.